The maximum atomic E-state index is 13.1. The summed E-state index contributed by atoms with van der Waals surface area (Å²) in [6.45, 7) is 0.799. The van der Waals surface area contributed by atoms with Gasteiger partial charge < -0.3 is 10.1 Å². The number of rotatable bonds is 7. The second-order valence-electron chi connectivity index (χ2n) is 7.12. The van der Waals surface area contributed by atoms with Gasteiger partial charge in [0.15, 0.2) is 0 Å². The van der Waals surface area contributed by atoms with Gasteiger partial charge in [0.2, 0.25) is 10.0 Å². The minimum atomic E-state index is -3.71. The zero-order chi connectivity index (χ0) is 22.4. The predicted octanol–water partition coefficient (Wildman–Crippen LogP) is 2.57. The van der Waals surface area contributed by atoms with Crippen LogP contribution in [0, 0.1) is 23.1 Å². The first kappa shape index (κ1) is 22.5. The van der Waals surface area contributed by atoms with Gasteiger partial charge in [0, 0.05) is 19.6 Å². The normalized spacial score (nSPS) is 17.2. The van der Waals surface area contributed by atoms with Crippen LogP contribution in [0.4, 0.5) is 4.39 Å². The van der Waals surface area contributed by atoms with Crippen LogP contribution < -0.4 is 10.1 Å². The number of sulfonamides is 1. The first-order valence-corrected chi connectivity index (χ1v) is 11.1. The summed E-state index contributed by atoms with van der Waals surface area (Å²) in [4.78, 5) is 12.4. The highest BCUT2D eigenvalue weighted by Crippen LogP contribution is 2.24. The molecule has 1 heterocycles. The lowest BCUT2D eigenvalue weighted by atomic mass is 10.1. The van der Waals surface area contributed by atoms with Crippen molar-refractivity contribution >= 4 is 22.0 Å². The van der Waals surface area contributed by atoms with Gasteiger partial charge in [-0.25, -0.2) is 12.8 Å². The summed E-state index contributed by atoms with van der Waals surface area (Å²) in [5.41, 5.74) is 0.642. The molecule has 2 aromatic carbocycles. The molecular formula is C22H22FN3O4S. The quantitative estimate of drug-likeness (QED) is 0.524. The van der Waals surface area contributed by atoms with E-state index in [-0.39, 0.29) is 29.5 Å². The third-order valence-corrected chi connectivity index (χ3v) is 6.92. The minimum Gasteiger partial charge on any atom is -0.497 e. The largest absolute Gasteiger partial charge is 0.497 e. The molecule has 2 aromatic rings. The standard InChI is InChI=1S/C22H22FN3O4S/c1-30-20-6-2-16(3-7-20)12-18(13-24)22(27)25-14-17-10-11-26(15-17)31(28,29)21-8-4-19(23)5-9-21/h2-9,12,17H,10-11,14-15H2,1H3,(H,25,27)/b18-12+/t17-/m1/s1. The lowest BCUT2D eigenvalue weighted by Gasteiger charge is -2.17. The summed E-state index contributed by atoms with van der Waals surface area (Å²) in [5, 5.41) is 12.0. The third-order valence-electron chi connectivity index (χ3n) is 5.04. The molecule has 0 unspecified atom stereocenters. The molecule has 1 aliphatic heterocycles. The van der Waals surface area contributed by atoms with E-state index in [9.17, 15) is 22.9 Å². The van der Waals surface area contributed by atoms with Gasteiger partial charge in [-0.3, -0.25) is 4.79 Å². The molecule has 1 atom stereocenters. The van der Waals surface area contributed by atoms with Crippen LogP contribution in [0.15, 0.2) is 59.0 Å². The molecule has 1 amide bonds. The van der Waals surface area contributed by atoms with E-state index >= 15 is 0 Å². The molecule has 1 fully saturated rings. The van der Waals surface area contributed by atoms with Gasteiger partial charge in [0.25, 0.3) is 5.91 Å². The highest BCUT2D eigenvalue weighted by molar-refractivity contribution is 7.89. The van der Waals surface area contributed by atoms with Crippen molar-refractivity contribution in [1.82, 2.24) is 9.62 Å². The maximum absolute atomic E-state index is 13.1. The minimum absolute atomic E-state index is 0.0350. The van der Waals surface area contributed by atoms with Crippen molar-refractivity contribution in [3.8, 4) is 11.8 Å². The molecule has 0 aliphatic carbocycles. The van der Waals surface area contributed by atoms with Gasteiger partial charge >= 0.3 is 0 Å². The summed E-state index contributed by atoms with van der Waals surface area (Å²) in [6, 6.07) is 13.5. The van der Waals surface area contributed by atoms with E-state index < -0.39 is 21.7 Å². The number of carbonyl (C=O) groups is 1. The van der Waals surface area contributed by atoms with Crippen molar-refractivity contribution in [3.63, 3.8) is 0 Å². The molecule has 1 N–H and O–H groups in total. The Morgan fingerprint density at radius 1 is 1.26 bits per heavy atom. The average molecular weight is 444 g/mol. The molecular weight excluding hydrogens is 421 g/mol. The average Bonchev–Trinajstić information content (AvgIpc) is 3.26. The first-order chi connectivity index (χ1) is 14.8. The fraction of sp³-hybridized carbons (Fsp3) is 0.273. The van der Waals surface area contributed by atoms with Crippen molar-refractivity contribution < 1.29 is 22.3 Å². The molecule has 1 saturated heterocycles. The number of amides is 1. The van der Waals surface area contributed by atoms with Gasteiger partial charge in [-0.15, -0.1) is 0 Å². The number of hydrogen-bond donors (Lipinski definition) is 1. The lowest BCUT2D eigenvalue weighted by molar-refractivity contribution is -0.117. The molecule has 1 aliphatic rings. The molecule has 0 saturated carbocycles. The summed E-state index contributed by atoms with van der Waals surface area (Å²) >= 11 is 0. The molecule has 7 nitrogen and oxygen atoms in total. The second-order valence-corrected chi connectivity index (χ2v) is 9.06. The number of nitrogens with zero attached hydrogens (tertiary/aromatic N) is 2. The number of nitriles is 1. The van der Waals surface area contributed by atoms with Gasteiger partial charge in [-0.05, 0) is 60.4 Å². The van der Waals surface area contributed by atoms with Gasteiger partial charge in [-0.1, -0.05) is 12.1 Å². The number of nitrogens with one attached hydrogen (secondary N) is 1. The molecule has 162 valence electrons. The summed E-state index contributed by atoms with van der Waals surface area (Å²) < 4.78 is 44.9. The van der Waals surface area contributed by atoms with Crippen LogP contribution in [0.2, 0.25) is 0 Å². The highest BCUT2D eigenvalue weighted by Gasteiger charge is 2.32. The molecule has 0 radical (unpaired) electrons. The van der Waals surface area contributed by atoms with E-state index in [1.165, 1.54) is 22.5 Å². The first-order valence-electron chi connectivity index (χ1n) is 9.63. The van der Waals surface area contributed by atoms with Gasteiger partial charge in [0.1, 0.15) is 23.2 Å². The zero-order valence-corrected chi connectivity index (χ0v) is 17.7. The Balaban J connectivity index is 1.58. The maximum Gasteiger partial charge on any atom is 0.261 e. The van der Waals surface area contributed by atoms with Crippen molar-refractivity contribution in [2.45, 2.75) is 11.3 Å². The SMILES string of the molecule is COc1ccc(/C=C(\C#N)C(=O)NC[C@H]2CCN(S(=O)(=O)c3ccc(F)cc3)C2)cc1. The Bertz CT molecular complexity index is 1110. The van der Waals surface area contributed by atoms with Crippen molar-refractivity contribution in [2.75, 3.05) is 26.7 Å². The van der Waals surface area contributed by atoms with E-state index in [1.54, 1.807) is 31.4 Å². The predicted molar refractivity (Wildman–Crippen MR) is 113 cm³/mol. The van der Waals surface area contributed by atoms with Crippen LogP contribution >= 0.6 is 0 Å². The summed E-state index contributed by atoms with van der Waals surface area (Å²) in [7, 11) is -2.16. The molecule has 3 rings (SSSR count). The van der Waals surface area contributed by atoms with Crippen LogP contribution in [-0.4, -0.2) is 45.4 Å². The van der Waals surface area contributed by atoms with Crippen molar-refractivity contribution in [3.05, 3.63) is 65.5 Å². The molecule has 0 bridgehead atoms. The van der Waals surface area contributed by atoms with Crippen LogP contribution in [0.3, 0.4) is 0 Å². The van der Waals surface area contributed by atoms with Crippen LogP contribution in [0.25, 0.3) is 6.08 Å². The van der Waals surface area contributed by atoms with E-state index in [4.69, 9.17) is 4.74 Å². The number of hydrogen-bond acceptors (Lipinski definition) is 5. The number of methoxy groups -OCH3 is 1. The highest BCUT2D eigenvalue weighted by atomic mass is 32.2. The molecule has 0 aromatic heterocycles. The smallest absolute Gasteiger partial charge is 0.261 e. The number of ether oxygens (including phenoxy) is 1. The number of halogens is 1. The monoisotopic (exact) mass is 443 g/mol. The fourth-order valence-corrected chi connectivity index (χ4v) is 4.82. The van der Waals surface area contributed by atoms with E-state index in [2.05, 4.69) is 5.32 Å². The third kappa shape index (κ3) is 5.48. The summed E-state index contributed by atoms with van der Waals surface area (Å²) in [5.74, 6) is -0.434. The molecule has 0 spiro atoms. The lowest BCUT2D eigenvalue weighted by Crippen LogP contribution is -2.33. The Hall–Kier alpha value is -3.22. The van der Waals surface area contributed by atoms with Crippen molar-refractivity contribution in [2.24, 2.45) is 5.92 Å². The van der Waals surface area contributed by atoms with Gasteiger partial charge in [0.05, 0.1) is 12.0 Å². The summed E-state index contributed by atoms with van der Waals surface area (Å²) in [6.07, 6.45) is 2.06. The van der Waals surface area contributed by atoms with E-state index in [0.717, 1.165) is 12.1 Å². The topological polar surface area (TPSA) is 99.5 Å². The Labute approximate surface area is 180 Å². The van der Waals surface area contributed by atoms with Crippen LogP contribution in [0.5, 0.6) is 5.75 Å². The van der Waals surface area contributed by atoms with Crippen LogP contribution in [0.1, 0.15) is 12.0 Å². The van der Waals surface area contributed by atoms with Gasteiger partial charge in [-0.2, -0.15) is 9.57 Å². The molecule has 9 heteroatoms. The fourth-order valence-electron chi connectivity index (χ4n) is 3.29. The zero-order valence-electron chi connectivity index (χ0n) is 16.9. The Kier molecular flexibility index (Phi) is 7.05. The van der Waals surface area contributed by atoms with Crippen LogP contribution in [-0.2, 0) is 14.8 Å². The Morgan fingerprint density at radius 3 is 2.55 bits per heavy atom. The second kappa shape index (κ2) is 9.73. The molecule has 31 heavy (non-hydrogen) atoms. The number of benzene rings is 2. The number of carbonyl (C=O) groups excluding carboxylic acids is 1. The van der Waals surface area contributed by atoms with Crippen molar-refractivity contribution in [1.29, 1.82) is 5.26 Å². The van der Waals surface area contributed by atoms with E-state index in [0.29, 0.717) is 24.3 Å². The Morgan fingerprint density at radius 2 is 1.94 bits per heavy atom. The van der Waals surface area contributed by atoms with E-state index in [1.807, 2.05) is 6.07 Å².